The largest absolute Gasteiger partial charge is 0.341 e. The highest BCUT2D eigenvalue weighted by Crippen LogP contribution is 2.24. The molecule has 1 N–H and O–H groups in total. The average Bonchev–Trinajstić information content (AvgIpc) is 2.85. The highest BCUT2D eigenvalue weighted by molar-refractivity contribution is 6.01. The molecule has 26 heavy (non-hydrogen) atoms. The Balaban J connectivity index is 1.66. The van der Waals surface area contributed by atoms with Crippen molar-refractivity contribution in [1.82, 2.24) is 9.80 Å². The van der Waals surface area contributed by atoms with Gasteiger partial charge in [0.2, 0.25) is 11.8 Å². The number of anilines is 1. The summed E-state index contributed by atoms with van der Waals surface area (Å²) >= 11 is 0. The number of carbonyl (C=O) groups excluding carboxylic acids is 3. The summed E-state index contributed by atoms with van der Waals surface area (Å²) in [6.07, 6.45) is 2.84. The second-order valence-corrected chi connectivity index (χ2v) is 7.08. The molecule has 0 aliphatic carbocycles. The van der Waals surface area contributed by atoms with E-state index in [2.05, 4.69) is 5.32 Å². The smallest absolute Gasteiger partial charge is 0.253 e. The van der Waals surface area contributed by atoms with E-state index in [4.69, 9.17) is 0 Å². The number of amides is 3. The Labute approximate surface area is 154 Å². The number of hydrogen-bond donors (Lipinski definition) is 1. The van der Waals surface area contributed by atoms with Crippen LogP contribution in [-0.2, 0) is 16.0 Å². The van der Waals surface area contributed by atoms with E-state index in [1.807, 2.05) is 29.7 Å². The summed E-state index contributed by atoms with van der Waals surface area (Å²) in [5.74, 6) is 0.240. The highest BCUT2D eigenvalue weighted by Gasteiger charge is 2.27. The van der Waals surface area contributed by atoms with Crippen LogP contribution in [0.4, 0.5) is 5.69 Å². The summed E-state index contributed by atoms with van der Waals surface area (Å²) in [6.45, 7) is 6.60. The molecule has 3 rings (SSSR count). The third-order valence-corrected chi connectivity index (χ3v) is 5.41. The molecule has 1 saturated heterocycles. The van der Waals surface area contributed by atoms with Crippen LogP contribution in [0.5, 0.6) is 0 Å². The molecular formula is C20H27N3O3. The molecule has 3 amide bonds. The van der Waals surface area contributed by atoms with Crippen molar-refractivity contribution in [3.05, 3.63) is 29.3 Å². The van der Waals surface area contributed by atoms with Gasteiger partial charge in [0.25, 0.3) is 5.91 Å². The molecule has 0 bridgehead atoms. The topological polar surface area (TPSA) is 69.7 Å². The Kier molecular flexibility index (Phi) is 5.59. The van der Waals surface area contributed by atoms with Gasteiger partial charge in [0.15, 0.2) is 0 Å². The maximum Gasteiger partial charge on any atom is 0.253 e. The van der Waals surface area contributed by atoms with E-state index in [-0.39, 0.29) is 23.6 Å². The van der Waals surface area contributed by atoms with Crippen molar-refractivity contribution in [3.63, 3.8) is 0 Å². The van der Waals surface area contributed by atoms with Crippen LogP contribution in [0.25, 0.3) is 0 Å². The minimum atomic E-state index is -0.0325. The zero-order chi connectivity index (χ0) is 18.7. The van der Waals surface area contributed by atoms with Gasteiger partial charge in [-0.2, -0.15) is 0 Å². The average molecular weight is 357 g/mol. The Hall–Kier alpha value is -2.37. The van der Waals surface area contributed by atoms with E-state index in [1.165, 1.54) is 0 Å². The second kappa shape index (κ2) is 7.89. The van der Waals surface area contributed by atoms with Crippen LogP contribution < -0.4 is 5.32 Å². The number of benzene rings is 1. The number of nitrogens with one attached hydrogen (secondary N) is 1. The van der Waals surface area contributed by atoms with E-state index in [9.17, 15) is 14.4 Å². The molecule has 0 spiro atoms. The lowest BCUT2D eigenvalue weighted by molar-refractivity contribution is -0.135. The van der Waals surface area contributed by atoms with Crippen LogP contribution in [0.3, 0.4) is 0 Å². The Morgan fingerprint density at radius 3 is 2.50 bits per heavy atom. The molecule has 2 aliphatic heterocycles. The van der Waals surface area contributed by atoms with Crippen molar-refractivity contribution in [2.24, 2.45) is 5.92 Å². The van der Waals surface area contributed by atoms with Crippen molar-refractivity contribution in [2.45, 2.75) is 39.5 Å². The molecule has 1 aromatic carbocycles. The number of rotatable bonds is 4. The molecule has 140 valence electrons. The lowest BCUT2D eigenvalue weighted by atomic mass is 10.0. The highest BCUT2D eigenvalue weighted by atomic mass is 16.2. The minimum Gasteiger partial charge on any atom is -0.341 e. The first kappa shape index (κ1) is 18.4. The predicted molar refractivity (Wildman–Crippen MR) is 99.9 cm³/mol. The summed E-state index contributed by atoms with van der Waals surface area (Å²) in [5, 5.41) is 2.78. The predicted octanol–water partition coefficient (Wildman–Crippen LogP) is 2.29. The molecule has 6 heteroatoms. The van der Waals surface area contributed by atoms with Crippen molar-refractivity contribution >= 4 is 23.4 Å². The summed E-state index contributed by atoms with van der Waals surface area (Å²) in [7, 11) is 0. The summed E-state index contributed by atoms with van der Waals surface area (Å²) in [4.78, 5) is 40.7. The van der Waals surface area contributed by atoms with Gasteiger partial charge in [-0.1, -0.05) is 13.8 Å². The van der Waals surface area contributed by atoms with E-state index in [0.29, 0.717) is 38.2 Å². The minimum absolute atomic E-state index is 0.0241. The third-order valence-electron chi connectivity index (χ3n) is 5.41. The van der Waals surface area contributed by atoms with Gasteiger partial charge < -0.3 is 15.1 Å². The molecule has 2 aliphatic rings. The number of nitrogens with zero attached hydrogens (tertiary/aromatic N) is 2. The van der Waals surface area contributed by atoms with Crippen molar-refractivity contribution in [3.8, 4) is 0 Å². The van der Waals surface area contributed by atoms with Gasteiger partial charge in [0.05, 0.1) is 6.42 Å². The number of hydrogen-bond acceptors (Lipinski definition) is 3. The fourth-order valence-electron chi connectivity index (χ4n) is 3.78. The van der Waals surface area contributed by atoms with E-state index < -0.39 is 0 Å². The van der Waals surface area contributed by atoms with Gasteiger partial charge in [-0.15, -0.1) is 0 Å². The van der Waals surface area contributed by atoms with E-state index in [0.717, 1.165) is 30.5 Å². The lowest BCUT2D eigenvalue weighted by Gasteiger charge is -2.25. The SMILES string of the molecule is CCC(CC)C(=O)N1CCCN(C(=O)c2ccc3c(c2)CC(=O)N3)CC1. The van der Waals surface area contributed by atoms with Gasteiger partial charge >= 0.3 is 0 Å². The van der Waals surface area contributed by atoms with Crippen LogP contribution in [0.2, 0.25) is 0 Å². The molecule has 0 aromatic heterocycles. The van der Waals surface area contributed by atoms with Gasteiger partial charge in [-0.05, 0) is 43.0 Å². The monoisotopic (exact) mass is 357 g/mol. The normalized spacial score (nSPS) is 17.1. The molecule has 0 saturated carbocycles. The van der Waals surface area contributed by atoms with Crippen LogP contribution in [0, 0.1) is 5.92 Å². The summed E-state index contributed by atoms with van der Waals surface area (Å²) < 4.78 is 0. The Morgan fingerprint density at radius 1 is 1.08 bits per heavy atom. The van der Waals surface area contributed by atoms with Gasteiger partial charge in [0, 0.05) is 43.3 Å². The van der Waals surface area contributed by atoms with Crippen LogP contribution in [0.1, 0.15) is 49.0 Å². The molecule has 0 radical (unpaired) electrons. The molecule has 0 atom stereocenters. The second-order valence-electron chi connectivity index (χ2n) is 7.08. The first-order valence-corrected chi connectivity index (χ1v) is 9.54. The first-order chi connectivity index (χ1) is 12.5. The Bertz CT molecular complexity index is 712. The summed E-state index contributed by atoms with van der Waals surface area (Å²) in [6, 6.07) is 5.38. The van der Waals surface area contributed by atoms with Crippen LogP contribution in [0.15, 0.2) is 18.2 Å². The van der Waals surface area contributed by atoms with Crippen molar-refractivity contribution in [1.29, 1.82) is 0 Å². The maximum absolute atomic E-state index is 12.9. The molecule has 2 heterocycles. The molecular weight excluding hydrogens is 330 g/mol. The maximum atomic E-state index is 12.9. The van der Waals surface area contributed by atoms with Crippen molar-refractivity contribution in [2.75, 3.05) is 31.5 Å². The van der Waals surface area contributed by atoms with Gasteiger partial charge in [0.1, 0.15) is 0 Å². The van der Waals surface area contributed by atoms with Crippen molar-refractivity contribution < 1.29 is 14.4 Å². The third kappa shape index (κ3) is 3.74. The van der Waals surface area contributed by atoms with E-state index in [1.54, 1.807) is 12.1 Å². The lowest BCUT2D eigenvalue weighted by Crippen LogP contribution is -2.39. The fraction of sp³-hybridized carbons (Fsp3) is 0.550. The fourth-order valence-corrected chi connectivity index (χ4v) is 3.78. The molecule has 1 aromatic rings. The number of carbonyl (C=O) groups is 3. The van der Waals surface area contributed by atoms with Crippen LogP contribution >= 0.6 is 0 Å². The molecule has 6 nitrogen and oxygen atoms in total. The van der Waals surface area contributed by atoms with E-state index >= 15 is 0 Å². The zero-order valence-corrected chi connectivity index (χ0v) is 15.6. The Morgan fingerprint density at radius 2 is 1.77 bits per heavy atom. The van der Waals surface area contributed by atoms with Crippen LogP contribution in [-0.4, -0.2) is 53.7 Å². The van der Waals surface area contributed by atoms with Gasteiger partial charge in [-0.25, -0.2) is 0 Å². The van der Waals surface area contributed by atoms with Gasteiger partial charge in [-0.3, -0.25) is 14.4 Å². The zero-order valence-electron chi connectivity index (χ0n) is 15.6. The summed E-state index contributed by atoms with van der Waals surface area (Å²) in [5.41, 5.74) is 2.28. The first-order valence-electron chi connectivity index (χ1n) is 9.54. The molecule has 1 fully saturated rings. The quantitative estimate of drug-likeness (QED) is 0.899. The standard InChI is InChI=1S/C20H27N3O3/c1-3-14(4-2)19(25)22-8-5-9-23(11-10-22)20(26)15-6-7-17-16(12-15)13-18(24)21-17/h6-7,12,14H,3-5,8-11,13H2,1-2H3,(H,21,24). The number of fused-ring (bicyclic) bond motifs is 1. The molecule has 0 unspecified atom stereocenters.